The fraction of sp³-hybridized carbons (Fsp3) is 0.750. The third-order valence-electron chi connectivity index (χ3n) is 5.59. The number of unbranched alkanes of at least 4 members (excludes halogenated alkanes) is 2. The molecule has 0 saturated heterocycles. The molecule has 0 saturated carbocycles. The summed E-state index contributed by atoms with van der Waals surface area (Å²) >= 11 is 0. The number of ketones is 1. The maximum atomic E-state index is 13.3. The Morgan fingerprint density at radius 2 is 1.90 bits per heavy atom. The maximum Gasteiger partial charge on any atom is 0.150 e. The lowest BCUT2D eigenvalue weighted by molar-refractivity contribution is -0.128. The lowest BCUT2D eigenvalue weighted by atomic mass is 9.70. The van der Waals surface area contributed by atoms with Gasteiger partial charge >= 0.3 is 0 Å². The minimum atomic E-state index is -0.161. The Bertz CT molecular complexity index is 418. The normalized spacial score (nSPS) is 28.9. The van der Waals surface area contributed by atoms with Crippen LogP contribution in [0, 0.1) is 11.3 Å². The van der Waals surface area contributed by atoms with Crippen molar-refractivity contribution in [3.8, 4) is 0 Å². The Balaban J connectivity index is 2.35. The topological polar surface area (TPSA) is 17.1 Å². The third kappa shape index (κ3) is 3.03. The molecule has 0 bridgehead atoms. The molecule has 21 heavy (non-hydrogen) atoms. The van der Waals surface area contributed by atoms with E-state index in [4.69, 9.17) is 0 Å². The molecule has 2 rings (SSSR count). The van der Waals surface area contributed by atoms with Crippen molar-refractivity contribution in [2.24, 2.45) is 11.3 Å². The van der Waals surface area contributed by atoms with Crippen molar-refractivity contribution < 1.29 is 4.79 Å². The Hall–Kier alpha value is -0.850. The fourth-order valence-electron chi connectivity index (χ4n) is 4.54. The molecule has 0 amide bonds. The van der Waals surface area contributed by atoms with E-state index in [1.165, 1.54) is 44.9 Å². The standard InChI is InChI=1S/C20H32O/c1-4-7-11-17-16-12-9-10-13-18(16)20(14-6-3,19(17)21)15-8-5-2/h6,17H,3-5,7-15H2,1-2H3/t17-,20+/m0/s1. The van der Waals surface area contributed by atoms with Gasteiger partial charge in [0.2, 0.25) is 0 Å². The Morgan fingerprint density at radius 1 is 1.19 bits per heavy atom. The molecule has 0 unspecified atom stereocenters. The zero-order valence-corrected chi connectivity index (χ0v) is 14.0. The van der Waals surface area contributed by atoms with Crippen LogP contribution in [0.25, 0.3) is 0 Å². The van der Waals surface area contributed by atoms with Crippen molar-refractivity contribution in [2.75, 3.05) is 0 Å². The van der Waals surface area contributed by atoms with Crippen molar-refractivity contribution in [2.45, 2.75) is 84.5 Å². The summed E-state index contributed by atoms with van der Waals surface area (Å²) < 4.78 is 0. The molecular weight excluding hydrogens is 256 g/mol. The van der Waals surface area contributed by atoms with Crippen LogP contribution in [-0.4, -0.2) is 5.78 Å². The molecule has 2 aliphatic carbocycles. The summed E-state index contributed by atoms with van der Waals surface area (Å²) in [6.45, 7) is 8.42. The van der Waals surface area contributed by atoms with Gasteiger partial charge in [-0.2, -0.15) is 0 Å². The molecule has 0 N–H and O–H groups in total. The summed E-state index contributed by atoms with van der Waals surface area (Å²) in [5.74, 6) is 0.799. The second kappa shape index (κ2) is 7.42. The van der Waals surface area contributed by atoms with Crippen LogP contribution in [0.15, 0.2) is 23.8 Å². The first-order valence-corrected chi connectivity index (χ1v) is 9.08. The number of carbonyl (C=O) groups excluding carboxylic acids is 1. The van der Waals surface area contributed by atoms with E-state index < -0.39 is 0 Å². The van der Waals surface area contributed by atoms with E-state index in [-0.39, 0.29) is 11.3 Å². The van der Waals surface area contributed by atoms with Gasteiger partial charge in [0.05, 0.1) is 5.41 Å². The SMILES string of the molecule is C=CC[C@]1(CCCC)C(=O)[C@@H](CCCC)C2=C1CCCC2. The highest BCUT2D eigenvalue weighted by Crippen LogP contribution is 2.55. The number of hydrogen-bond acceptors (Lipinski definition) is 1. The number of hydrogen-bond donors (Lipinski definition) is 0. The molecule has 2 atom stereocenters. The van der Waals surface area contributed by atoms with Gasteiger partial charge in [-0.05, 0) is 44.9 Å². The molecule has 2 aliphatic rings. The van der Waals surface area contributed by atoms with Crippen LogP contribution in [0.5, 0.6) is 0 Å². The van der Waals surface area contributed by atoms with E-state index in [2.05, 4.69) is 20.4 Å². The second-order valence-corrected chi connectivity index (χ2v) is 6.95. The van der Waals surface area contributed by atoms with Crippen molar-refractivity contribution >= 4 is 5.78 Å². The van der Waals surface area contributed by atoms with Gasteiger partial charge in [-0.15, -0.1) is 6.58 Å². The summed E-state index contributed by atoms with van der Waals surface area (Å²) in [6.07, 6.45) is 14.6. The van der Waals surface area contributed by atoms with Crippen LogP contribution in [0.1, 0.15) is 84.5 Å². The van der Waals surface area contributed by atoms with Crippen LogP contribution in [0.4, 0.5) is 0 Å². The molecule has 0 aromatic heterocycles. The zero-order chi connectivity index (χ0) is 15.3. The lowest BCUT2D eigenvalue weighted by Gasteiger charge is -2.32. The zero-order valence-electron chi connectivity index (χ0n) is 14.0. The Morgan fingerprint density at radius 3 is 2.57 bits per heavy atom. The van der Waals surface area contributed by atoms with E-state index in [9.17, 15) is 4.79 Å². The second-order valence-electron chi connectivity index (χ2n) is 6.95. The summed E-state index contributed by atoms with van der Waals surface area (Å²) in [4.78, 5) is 13.3. The van der Waals surface area contributed by atoms with Crippen LogP contribution in [0.2, 0.25) is 0 Å². The monoisotopic (exact) mass is 288 g/mol. The van der Waals surface area contributed by atoms with Gasteiger partial charge in [0.1, 0.15) is 5.78 Å². The molecule has 118 valence electrons. The van der Waals surface area contributed by atoms with Crippen LogP contribution in [0.3, 0.4) is 0 Å². The average Bonchev–Trinajstić information content (AvgIpc) is 2.73. The predicted octanol–water partition coefficient (Wildman–Crippen LogP) is 6.00. The quantitative estimate of drug-likeness (QED) is 0.501. The van der Waals surface area contributed by atoms with Crippen molar-refractivity contribution in [1.82, 2.24) is 0 Å². The van der Waals surface area contributed by atoms with E-state index >= 15 is 0 Å². The predicted molar refractivity (Wildman–Crippen MR) is 90.3 cm³/mol. The van der Waals surface area contributed by atoms with Crippen molar-refractivity contribution in [1.29, 1.82) is 0 Å². The van der Waals surface area contributed by atoms with Gasteiger partial charge in [0, 0.05) is 5.92 Å². The summed E-state index contributed by atoms with van der Waals surface area (Å²) in [5, 5.41) is 0. The van der Waals surface area contributed by atoms with E-state index in [1.54, 1.807) is 11.1 Å². The summed E-state index contributed by atoms with van der Waals surface area (Å²) in [6, 6.07) is 0. The molecule has 0 aromatic rings. The summed E-state index contributed by atoms with van der Waals surface area (Å²) in [5.41, 5.74) is 2.94. The first-order valence-electron chi connectivity index (χ1n) is 9.08. The molecule has 1 heteroatoms. The smallest absolute Gasteiger partial charge is 0.150 e. The molecule has 0 spiro atoms. The van der Waals surface area contributed by atoms with Gasteiger partial charge in [0.25, 0.3) is 0 Å². The van der Waals surface area contributed by atoms with Crippen molar-refractivity contribution in [3.63, 3.8) is 0 Å². The first-order chi connectivity index (χ1) is 10.2. The summed E-state index contributed by atoms with van der Waals surface area (Å²) in [7, 11) is 0. The first kappa shape index (κ1) is 16.5. The number of rotatable bonds is 8. The number of carbonyl (C=O) groups is 1. The van der Waals surface area contributed by atoms with E-state index in [1.807, 2.05) is 6.08 Å². The molecule has 0 radical (unpaired) electrons. The third-order valence-corrected chi connectivity index (χ3v) is 5.59. The number of Topliss-reactive ketones (excluding diaryl/α,β-unsaturated/α-hetero) is 1. The number of allylic oxidation sites excluding steroid dienone is 3. The van der Waals surface area contributed by atoms with Gasteiger partial charge in [0.15, 0.2) is 0 Å². The van der Waals surface area contributed by atoms with E-state index in [0.29, 0.717) is 5.78 Å². The van der Waals surface area contributed by atoms with Gasteiger partial charge in [-0.25, -0.2) is 0 Å². The Kier molecular flexibility index (Phi) is 5.84. The van der Waals surface area contributed by atoms with Gasteiger partial charge in [-0.3, -0.25) is 4.79 Å². The molecule has 0 heterocycles. The molecular formula is C20H32O. The van der Waals surface area contributed by atoms with Crippen molar-refractivity contribution in [3.05, 3.63) is 23.8 Å². The van der Waals surface area contributed by atoms with Gasteiger partial charge in [-0.1, -0.05) is 56.8 Å². The lowest BCUT2D eigenvalue weighted by Crippen LogP contribution is -2.32. The van der Waals surface area contributed by atoms with Crippen LogP contribution >= 0.6 is 0 Å². The highest BCUT2D eigenvalue weighted by molar-refractivity contribution is 5.96. The average molecular weight is 288 g/mol. The van der Waals surface area contributed by atoms with Gasteiger partial charge < -0.3 is 0 Å². The fourth-order valence-corrected chi connectivity index (χ4v) is 4.54. The minimum Gasteiger partial charge on any atom is -0.298 e. The largest absolute Gasteiger partial charge is 0.298 e. The molecule has 1 nitrogen and oxygen atoms in total. The Labute approximate surface area is 130 Å². The highest BCUT2D eigenvalue weighted by atomic mass is 16.1. The van der Waals surface area contributed by atoms with Crippen LogP contribution < -0.4 is 0 Å². The molecule has 0 aliphatic heterocycles. The molecule has 0 fully saturated rings. The maximum absolute atomic E-state index is 13.3. The van der Waals surface area contributed by atoms with Crippen LogP contribution in [-0.2, 0) is 4.79 Å². The minimum absolute atomic E-state index is 0.161. The van der Waals surface area contributed by atoms with E-state index in [0.717, 1.165) is 25.7 Å². The molecule has 0 aromatic carbocycles. The highest BCUT2D eigenvalue weighted by Gasteiger charge is 2.51.